The highest BCUT2D eigenvalue weighted by Gasteiger charge is 2.22. The average molecular weight is 289 g/mol. The van der Waals surface area contributed by atoms with Gasteiger partial charge in [-0.2, -0.15) is 5.10 Å². The number of benzene rings is 1. The van der Waals surface area contributed by atoms with Crippen LogP contribution in [0.1, 0.15) is 37.8 Å². The Hall–Kier alpha value is -2.37. The van der Waals surface area contributed by atoms with Crippen molar-refractivity contribution in [2.75, 3.05) is 7.11 Å². The number of hydrogen-bond donors (Lipinski definition) is 2. The lowest BCUT2D eigenvalue weighted by atomic mass is 10.0. The van der Waals surface area contributed by atoms with E-state index in [1.807, 2.05) is 31.2 Å². The smallest absolute Gasteiger partial charge is 0.267 e. The zero-order valence-corrected chi connectivity index (χ0v) is 12.2. The highest BCUT2D eigenvalue weighted by atomic mass is 16.5. The quantitative estimate of drug-likeness (QED) is 0.862. The summed E-state index contributed by atoms with van der Waals surface area (Å²) in [6, 6.07) is 7.43. The van der Waals surface area contributed by atoms with E-state index in [1.54, 1.807) is 7.11 Å². The second kappa shape index (κ2) is 6.88. The normalized spacial score (nSPS) is 15.7. The standard InChI is InChI=1S/C15H19N3O3/c1-3-11(10-6-4-5-7-13(10)21-2)16-15(20)12-8-9-14(19)18-17-12/h4-7,11H,3,8-9H2,1-2H3,(H,16,20)(H,18,19). The zero-order chi connectivity index (χ0) is 15.2. The number of nitrogens with zero attached hydrogens (tertiary/aromatic N) is 1. The molecule has 1 unspecified atom stereocenters. The first-order chi connectivity index (χ1) is 10.2. The first kappa shape index (κ1) is 15.0. The summed E-state index contributed by atoms with van der Waals surface area (Å²) in [5, 5.41) is 6.75. The van der Waals surface area contributed by atoms with Gasteiger partial charge in [0.2, 0.25) is 5.91 Å². The minimum absolute atomic E-state index is 0.158. The minimum atomic E-state index is -0.257. The summed E-state index contributed by atoms with van der Waals surface area (Å²) in [4.78, 5) is 23.3. The third-order valence-corrected chi connectivity index (χ3v) is 3.39. The molecular weight excluding hydrogens is 270 g/mol. The van der Waals surface area contributed by atoms with Gasteiger partial charge in [0.15, 0.2) is 0 Å². The highest BCUT2D eigenvalue weighted by Crippen LogP contribution is 2.26. The van der Waals surface area contributed by atoms with Crippen molar-refractivity contribution in [3.8, 4) is 5.75 Å². The number of hydrazone groups is 1. The minimum Gasteiger partial charge on any atom is -0.496 e. The van der Waals surface area contributed by atoms with E-state index in [0.717, 1.165) is 17.7 Å². The predicted molar refractivity (Wildman–Crippen MR) is 79.0 cm³/mol. The molecule has 2 N–H and O–H groups in total. The number of carbonyl (C=O) groups excluding carboxylic acids is 2. The fourth-order valence-corrected chi connectivity index (χ4v) is 2.23. The van der Waals surface area contributed by atoms with Crippen LogP contribution >= 0.6 is 0 Å². The fraction of sp³-hybridized carbons (Fsp3) is 0.400. The summed E-state index contributed by atoms with van der Waals surface area (Å²) in [5.74, 6) is 0.319. The molecule has 1 atom stereocenters. The SMILES string of the molecule is CCC(NC(=O)C1=NNC(=O)CC1)c1ccccc1OC. The number of ether oxygens (including phenoxy) is 1. The van der Waals surface area contributed by atoms with E-state index in [4.69, 9.17) is 4.74 Å². The number of nitrogens with one attached hydrogen (secondary N) is 2. The van der Waals surface area contributed by atoms with Crippen LogP contribution in [0.3, 0.4) is 0 Å². The van der Waals surface area contributed by atoms with Gasteiger partial charge in [0, 0.05) is 18.4 Å². The van der Waals surface area contributed by atoms with Crippen molar-refractivity contribution in [1.29, 1.82) is 0 Å². The molecule has 1 aliphatic rings. The van der Waals surface area contributed by atoms with Crippen LogP contribution in [0.4, 0.5) is 0 Å². The van der Waals surface area contributed by atoms with Crippen LogP contribution in [-0.4, -0.2) is 24.6 Å². The van der Waals surface area contributed by atoms with E-state index in [9.17, 15) is 9.59 Å². The molecular formula is C15H19N3O3. The number of amides is 2. The van der Waals surface area contributed by atoms with Gasteiger partial charge in [-0.15, -0.1) is 0 Å². The third kappa shape index (κ3) is 3.59. The molecule has 2 amide bonds. The molecule has 0 aliphatic carbocycles. The molecule has 0 bridgehead atoms. The van der Waals surface area contributed by atoms with Crippen LogP contribution in [-0.2, 0) is 9.59 Å². The summed E-state index contributed by atoms with van der Waals surface area (Å²) in [5.41, 5.74) is 3.61. The Morgan fingerprint density at radius 3 is 2.81 bits per heavy atom. The Labute approximate surface area is 123 Å². The molecule has 1 aromatic carbocycles. The van der Waals surface area contributed by atoms with Crippen LogP contribution in [0, 0.1) is 0 Å². The first-order valence-electron chi connectivity index (χ1n) is 6.94. The Morgan fingerprint density at radius 1 is 1.43 bits per heavy atom. The van der Waals surface area contributed by atoms with Crippen molar-refractivity contribution < 1.29 is 14.3 Å². The molecule has 21 heavy (non-hydrogen) atoms. The van der Waals surface area contributed by atoms with Crippen molar-refractivity contribution in [3.63, 3.8) is 0 Å². The van der Waals surface area contributed by atoms with Gasteiger partial charge in [-0.1, -0.05) is 25.1 Å². The van der Waals surface area contributed by atoms with Crippen molar-refractivity contribution in [2.45, 2.75) is 32.2 Å². The van der Waals surface area contributed by atoms with Crippen LogP contribution in [0.5, 0.6) is 5.75 Å². The van der Waals surface area contributed by atoms with E-state index in [1.165, 1.54) is 0 Å². The monoisotopic (exact) mass is 289 g/mol. The molecule has 0 spiro atoms. The summed E-state index contributed by atoms with van der Waals surface area (Å²) in [7, 11) is 1.61. The summed E-state index contributed by atoms with van der Waals surface area (Å²) >= 11 is 0. The van der Waals surface area contributed by atoms with Crippen molar-refractivity contribution in [1.82, 2.24) is 10.7 Å². The molecule has 1 heterocycles. The number of rotatable bonds is 5. The Balaban J connectivity index is 2.12. The lowest BCUT2D eigenvalue weighted by Gasteiger charge is -2.21. The van der Waals surface area contributed by atoms with Crippen LogP contribution in [0.15, 0.2) is 29.4 Å². The molecule has 112 valence electrons. The maximum Gasteiger partial charge on any atom is 0.267 e. The van der Waals surface area contributed by atoms with E-state index in [2.05, 4.69) is 15.8 Å². The molecule has 0 aromatic heterocycles. The topological polar surface area (TPSA) is 79.8 Å². The molecule has 6 heteroatoms. The van der Waals surface area contributed by atoms with Gasteiger partial charge in [0.25, 0.3) is 5.91 Å². The molecule has 6 nitrogen and oxygen atoms in total. The van der Waals surface area contributed by atoms with Gasteiger partial charge in [0.05, 0.1) is 13.2 Å². The molecule has 0 fully saturated rings. The Kier molecular flexibility index (Phi) is 4.92. The van der Waals surface area contributed by atoms with Gasteiger partial charge in [0.1, 0.15) is 11.5 Å². The van der Waals surface area contributed by atoms with E-state index < -0.39 is 0 Å². The van der Waals surface area contributed by atoms with Crippen LogP contribution in [0.2, 0.25) is 0 Å². The molecule has 0 saturated heterocycles. The van der Waals surface area contributed by atoms with Gasteiger partial charge >= 0.3 is 0 Å². The van der Waals surface area contributed by atoms with Crippen LogP contribution < -0.4 is 15.5 Å². The largest absolute Gasteiger partial charge is 0.496 e. The lowest BCUT2D eigenvalue weighted by molar-refractivity contribution is -0.121. The maximum atomic E-state index is 12.2. The van der Waals surface area contributed by atoms with Crippen molar-refractivity contribution in [2.24, 2.45) is 5.10 Å². The van der Waals surface area contributed by atoms with Gasteiger partial charge in [-0.05, 0) is 12.5 Å². The molecule has 1 aliphatic heterocycles. The van der Waals surface area contributed by atoms with Crippen molar-refractivity contribution >= 4 is 17.5 Å². The van der Waals surface area contributed by atoms with E-state index in [-0.39, 0.29) is 24.3 Å². The second-order valence-corrected chi connectivity index (χ2v) is 4.77. The molecule has 0 saturated carbocycles. The zero-order valence-electron chi connectivity index (χ0n) is 12.2. The summed E-state index contributed by atoms with van der Waals surface area (Å²) in [6.07, 6.45) is 1.38. The highest BCUT2D eigenvalue weighted by molar-refractivity contribution is 6.39. The first-order valence-corrected chi connectivity index (χ1v) is 6.94. The Morgan fingerprint density at radius 2 is 2.19 bits per heavy atom. The lowest BCUT2D eigenvalue weighted by Crippen LogP contribution is -2.38. The van der Waals surface area contributed by atoms with Crippen LogP contribution in [0.25, 0.3) is 0 Å². The van der Waals surface area contributed by atoms with Gasteiger partial charge < -0.3 is 10.1 Å². The number of methoxy groups -OCH3 is 1. The van der Waals surface area contributed by atoms with E-state index in [0.29, 0.717) is 12.1 Å². The summed E-state index contributed by atoms with van der Waals surface area (Å²) in [6.45, 7) is 1.99. The van der Waals surface area contributed by atoms with Gasteiger partial charge in [-0.25, -0.2) is 5.43 Å². The third-order valence-electron chi connectivity index (χ3n) is 3.39. The predicted octanol–water partition coefficient (Wildman–Crippen LogP) is 1.53. The number of para-hydroxylation sites is 1. The maximum absolute atomic E-state index is 12.2. The second-order valence-electron chi connectivity index (χ2n) is 4.77. The molecule has 1 aromatic rings. The fourth-order valence-electron chi connectivity index (χ4n) is 2.23. The number of carbonyl (C=O) groups is 2. The van der Waals surface area contributed by atoms with Gasteiger partial charge in [-0.3, -0.25) is 9.59 Å². The summed E-state index contributed by atoms with van der Waals surface area (Å²) < 4.78 is 5.33. The van der Waals surface area contributed by atoms with Crippen molar-refractivity contribution in [3.05, 3.63) is 29.8 Å². The molecule has 0 radical (unpaired) electrons. The average Bonchev–Trinajstić information content (AvgIpc) is 2.53. The molecule has 2 rings (SSSR count). The van der Waals surface area contributed by atoms with E-state index >= 15 is 0 Å². The number of hydrogen-bond acceptors (Lipinski definition) is 4. The Bertz CT molecular complexity index is 569.